The topological polar surface area (TPSA) is 52.6 Å². The second kappa shape index (κ2) is 10.7. The molecule has 0 heterocycles. The molecule has 27 heavy (non-hydrogen) atoms. The molecule has 1 unspecified atom stereocenters. The van der Waals surface area contributed by atoms with Gasteiger partial charge in [0.1, 0.15) is 19.7 Å². The van der Waals surface area contributed by atoms with Crippen LogP contribution in [-0.4, -0.2) is 48.3 Å². The van der Waals surface area contributed by atoms with E-state index >= 15 is 0 Å². The molecule has 0 aliphatic rings. The Kier molecular flexibility index (Phi) is 8.95. The van der Waals surface area contributed by atoms with Crippen molar-refractivity contribution in [3.63, 3.8) is 0 Å². The summed E-state index contributed by atoms with van der Waals surface area (Å²) in [6.45, 7) is 16.3. The summed E-state index contributed by atoms with van der Waals surface area (Å²) in [6, 6.07) is 10.3. The maximum Gasteiger partial charge on any atom is 0.330 e. The van der Waals surface area contributed by atoms with Crippen molar-refractivity contribution in [2.45, 2.75) is 39.3 Å². The first-order chi connectivity index (χ1) is 12.7. The van der Waals surface area contributed by atoms with Crippen LogP contribution in [0.3, 0.4) is 0 Å². The molecule has 0 saturated carbocycles. The fraction of sp³-hybridized carbons (Fsp3) is 0.455. The quantitative estimate of drug-likeness (QED) is 0.257. The summed E-state index contributed by atoms with van der Waals surface area (Å²) >= 11 is 0. The maximum atomic E-state index is 11.5. The number of rotatable bonds is 11. The molecular weight excluding hydrogens is 342 g/mol. The summed E-state index contributed by atoms with van der Waals surface area (Å²) in [5.41, 5.74) is 1.12. The van der Waals surface area contributed by atoms with Gasteiger partial charge in [-0.05, 0) is 20.8 Å². The van der Waals surface area contributed by atoms with E-state index in [9.17, 15) is 9.59 Å². The lowest BCUT2D eigenvalue weighted by atomic mass is 9.98. The van der Waals surface area contributed by atoms with Crippen LogP contribution >= 0.6 is 0 Å². The predicted octanol–water partition coefficient (Wildman–Crippen LogP) is 3.65. The maximum absolute atomic E-state index is 11.5. The van der Waals surface area contributed by atoms with Gasteiger partial charge in [-0.2, -0.15) is 0 Å². The number of carbonyl (C=O) groups is 2. The molecule has 0 aliphatic carbocycles. The summed E-state index contributed by atoms with van der Waals surface area (Å²) in [5, 5.41) is 0. The molecule has 148 valence electrons. The van der Waals surface area contributed by atoms with Crippen molar-refractivity contribution in [1.82, 2.24) is 0 Å². The summed E-state index contributed by atoms with van der Waals surface area (Å²) in [7, 11) is 0. The Morgan fingerprint density at radius 1 is 0.963 bits per heavy atom. The van der Waals surface area contributed by atoms with Gasteiger partial charge in [0, 0.05) is 24.1 Å². The highest BCUT2D eigenvalue weighted by molar-refractivity contribution is 5.81. The number of hydrogen-bond donors (Lipinski definition) is 0. The first-order valence-corrected chi connectivity index (χ1v) is 9.22. The molecule has 0 aromatic heterocycles. The third-order valence-corrected chi connectivity index (χ3v) is 4.82. The van der Waals surface area contributed by atoms with Crippen LogP contribution in [0.4, 0.5) is 0 Å². The number of ether oxygens (including phenoxy) is 2. The van der Waals surface area contributed by atoms with E-state index in [0.29, 0.717) is 30.7 Å². The van der Waals surface area contributed by atoms with Crippen molar-refractivity contribution in [2.24, 2.45) is 0 Å². The molecule has 0 bridgehead atoms. The van der Waals surface area contributed by atoms with E-state index in [2.05, 4.69) is 46.1 Å². The molecular formula is C22H32NO4+. The number of esters is 2. The molecule has 1 aromatic rings. The van der Waals surface area contributed by atoms with Crippen molar-refractivity contribution in [2.75, 3.05) is 26.3 Å². The van der Waals surface area contributed by atoms with E-state index in [4.69, 9.17) is 9.47 Å². The summed E-state index contributed by atoms with van der Waals surface area (Å²) in [5.74, 6) is -0.825. The van der Waals surface area contributed by atoms with E-state index in [1.807, 2.05) is 18.2 Å². The third kappa shape index (κ3) is 7.39. The minimum atomic E-state index is -0.415. The zero-order valence-electron chi connectivity index (χ0n) is 16.8. The molecule has 1 atom stereocenters. The fourth-order valence-electron chi connectivity index (χ4n) is 3.09. The van der Waals surface area contributed by atoms with Gasteiger partial charge >= 0.3 is 11.9 Å². The van der Waals surface area contributed by atoms with Crippen LogP contribution in [0.2, 0.25) is 0 Å². The van der Waals surface area contributed by atoms with Crippen LogP contribution in [0.15, 0.2) is 55.6 Å². The molecule has 0 amide bonds. The molecule has 0 aliphatic heterocycles. The van der Waals surface area contributed by atoms with Crippen LogP contribution in [0.5, 0.6) is 0 Å². The van der Waals surface area contributed by atoms with Crippen LogP contribution in [0, 0.1) is 0 Å². The third-order valence-electron chi connectivity index (χ3n) is 4.82. The van der Waals surface area contributed by atoms with Gasteiger partial charge in [-0.1, -0.05) is 43.5 Å². The average molecular weight is 375 g/mol. The van der Waals surface area contributed by atoms with Gasteiger partial charge < -0.3 is 14.0 Å². The Balaban J connectivity index is 2.96. The minimum Gasteiger partial charge on any atom is -0.462 e. The lowest BCUT2D eigenvalue weighted by Gasteiger charge is -2.49. The van der Waals surface area contributed by atoms with E-state index in [-0.39, 0.29) is 5.54 Å². The Labute approximate surface area is 162 Å². The number of hydrogen-bond acceptors (Lipinski definition) is 4. The number of quaternary nitrogens is 1. The van der Waals surface area contributed by atoms with E-state index in [1.165, 1.54) is 17.7 Å². The standard InChI is InChI=1S/C22H32NO4/c1-6-20(24)26-16-11-14-23(22(3,4)5,15-17-27-21(25)7-2)18-19-12-9-8-10-13-19/h6-10,12-13H,1-2,11,14-18H2,3-5H3/q+1. The molecule has 5 nitrogen and oxygen atoms in total. The molecule has 0 N–H and O–H groups in total. The van der Waals surface area contributed by atoms with Gasteiger partial charge in [-0.15, -0.1) is 0 Å². The number of carbonyl (C=O) groups excluding carboxylic acids is 2. The molecule has 1 rings (SSSR count). The van der Waals surface area contributed by atoms with Crippen molar-refractivity contribution in [1.29, 1.82) is 0 Å². The first kappa shape index (κ1) is 22.6. The van der Waals surface area contributed by atoms with E-state index in [0.717, 1.165) is 13.1 Å². The highest BCUT2D eigenvalue weighted by atomic mass is 16.5. The van der Waals surface area contributed by atoms with Crippen molar-refractivity contribution in [3.05, 3.63) is 61.2 Å². The molecule has 0 spiro atoms. The first-order valence-electron chi connectivity index (χ1n) is 9.22. The van der Waals surface area contributed by atoms with Gasteiger partial charge in [0.05, 0.1) is 18.7 Å². The van der Waals surface area contributed by atoms with Gasteiger partial charge in [-0.3, -0.25) is 0 Å². The smallest absolute Gasteiger partial charge is 0.330 e. The molecule has 1 aromatic carbocycles. The lowest BCUT2D eigenvalue weighted by molar-refractivity contribution is -0.983. The Bertz CT molecular complexity index is 633. The largest absolute Gasteiger partial charge is 0.462 e. The Morgan fingerprint density at radius 3 is 2.04 bits per heavy atom. The van der Waals surface area contributed by atoms with E-state index in [1.54, 1.807) is 0 Å². The Hall–Kier alpha value is -2.40. The second-order valence-electron chi connectivity index (χ2n) is 7.50. The van der Waals surface area contributed by atoms with Crippen LogP contribution in [0.1, 0.15) is 32.8 Å². The molecule has 0 radical (unpaired) electrons. The summed E-state index contributed by atoms with van der Waals surface area (Å²) in [4.78, 5) is 22.8. The number of benzene rings is 1. The van der Waals surface area contributed by atoms with Gasteiger partial charge in [0.25, 0.3) is 0 Å². The highest BCUT2D eigenvalue weighted by Gasteiger charge is 2.40. The second-order valence-corrected chi connectivity index (χ2v) is 7.50. The minimum absolute atomic E-state index is 0.0983. The summed E-state index contributed by atoms with van der Waals surface area (Å²) in [6.07, 6.45) is 3.06. The average Bonchev–Trinajstić information content (AvgIpc) is 2.64. The summed E-state index contributed by atoms with van der Waals surface area (Å²) < 4.78 is 11.1. The van der Waals surface area contributed by atoms with Crippen LogP contribution < -0.4 is 0 Å². The highest BCUT2D eigenvalue weighted by Crippen LogP contribution is 2.29. The van der Waals surface area contributed by atoms with Gasteiger partial charge in [-0.25, -0.2) is 9.59 Å². The SMILES string of the molecule is C=CC(=O)OCCC[N+](CCOC(=O)C=C)(Cc1ccccc1)C(C)(C)C. The molecule has 0 fully saturated rings. The fourth-order valence-corrected chi connectivity index (χ4v) is 3.09. The van der Waals surface area contributed by atoms with Crippen LogP contribution in [0.25, 0.3) is 0 Å². The van der Waals surface area contributed by atoms with E-state index < -0.39 is 11.9 Å². The van der Waals surface area contributed by atoms with Gasteiger partial charge in [0.15, 0.2) is 0 Å². The zero-order valence-corrected chi connectivity index (χ0v) is 16.8. The zero-order chi connectivity index (χ0) is 20.3. The Morgan fingerprint density at radius 2 is 1.52 bits per heavy atom. The number of nitrogens with zero attached hydrogens (tertiary/aromatic N) is 1. The predicted molar refractivity (Wildman–Crippen MR) is 107 cm³/mol. The molecule has 5 heteroatoms. The van der Waals surface area contributed by atoms with Crippen LogP contribution in [-0.2, 0) is 25.6 Å². The molecule has 0 saturated heterocycles. The van der Waals surface area contributed by atoms with Crippen molar-refractivity contribution in [3.8, 4) is 0 Å². The monoisotopic (exact) mass is 374 g/mol. The van der Waals surface area contributed by atoms with Crippen molar-refractivity contribution >= 4 is 11.9 Å². The van der Waals surface area contributed by atoms with Crippen molar-refractivity contribution < 1.29 is 23.5 Å². The lowest BCUT2D eigenvalue weighted by Crippen LogP contribution is -2.61. The van der Waals surface area contributed by atoms with Gasteiger partial charge in [0.2, 0.25) is 0 Å². The normalized spacial score (nSPS) is 13.3.